The summed E-state index contributed by atoms with van der Waals surface area (Å²) in [4.78, 5) is 4.30. The average Bonchev–Trinajstić information content (AvgIpc) is 2.94. The van der Waals surface area contributed by atoms with Crippen LogP contribution in [0.5, 0.6) is 0 Å². The molecule has 0 amide bonds. The van der Waals surface area contributed by atoms with Crippen molar-refractivity contribution in [1.82, 2.24) is 24.1 Å². The normalized spacial score (nSPS) is 11.2. The van der Waals surface area contributed by atoms with Gasteiger partial charge in [-0.3, -0.25) is 0 Å². The Bertz CT molecular complexity index is 535. The van der Waals surface area contributed by atoms with E-state index in [0.717, 1.165) is 16.8 Å². The van der Waals surface area contributed by atoms with Crippen molar-refractivity contribution in [2.45, 2.75) is 32.9 Å². The third kappa shape index (κ3) is 3.27. The highest BCUT2D eigenvalue weighted by Crippen LogP contribution is 2.15. The van der Waals surface area contributed by atoms with E-state index in [2.05, 4.69) is 38.7 Å². The molecule has 2 aromatic rings. The van der Waals surface area contributed by atoms with Crippen molar-refractivity contribution in [3.05, 3.63) is 17.5 Å². The Morgan fingerprint density at radius 1 is 1.37 bits per heavy atom. The van der Waals surface area contributed by atoms with Gasteiger partial charge in [-0.25, -0.2) is 4.98 Å². The van der Waals surface area contributed by atoms with Crippen molar-refractivity contribution in [3.63, 3.8) is 0 Å². The number of anilines is 1. The number of nitrogens with one attached hydrogen (secondary N) is 1. The molecule has 0 aromatic carbocycles. The fourth-order valence-corrected chi connectivity index (χ4v) is 2.27. The first-order valence-electron chi connectivity index (χ1n) is 6.05. The molecule has 0 radical (unpaired) electrons. The lowest BCUT2D eigenvalue weighted by Gasteiger charge is -2.06. The average molecular weight is 282 g/mol. The number of nitrogens with zero attached hydrogens (tertiary/aromatic N) is 5. The summed E-state index contributed by atoms with van der Waals surface area (Å²) in [6.45, 7) is 5.21. The van der Waals surface area contributed by atoms with Gasteiger partial charge in [0.05, 0.1) is 6.54 Å². The van der Waals surface area contributed by atoms with Gasteiger partial charge >= 0.3 is 0 Å². The van der Waals surface area contributed by atoms with Crippen LogP contribution in [0.2, 0.25) is 0 Å². The van der Waals surface area contributed by atoms with Crippen molar-refractivity contribution in [2.24, 2.45) is 7.05 Å². The highest BCUT2D eigenvalue weighted by atomic mass is 32.1. The van der Waals surface area contributed by atoms with Gasteiger partial charge in [0.25, 0.3) is 0 Å². The van der Waals surface area contributed by atoms with E-state index in [1.165, 1.54) is 11.5 Å². The summed E-state index contributed by atoms with van der Waals surface area (Å²) in [5.41, 5.74) is 0. The van der Waals surface area contributed by atoms with Crippen molar-refractivity contribution in [3.8, 4) is 0 Å². The largest absolute Gasteiger partial charge is 0.377 e. The first-order valence-corrected chi connectivity index (χ1v) is 6.82. The van der Waals surface area contributed by atoms with Crippen molar-refractivity contribution < 1.29 is 4.74 Å². The molecule has 2 heterocycles. The molecule has 2 rings (SSSR count). The van der Waals surface area contributed by atoms with Crippen LogP contribution >= 0.6 is 11.5 Å². The molecular weight excluding hydrogens is 264 g/mol. The summed E-state index contributed by atoms with van der Waals surface area (Å²) in [7, 11) is 3.60. The molecule has 0 aliphatic rings. The smallest absolute Gasteiger partial charge is 0.203 e. The molecule has 0 spiro atoms. The Labute approximate surface area is 116 Å². The fraction of sp³-hybridized carbons (Fsp3) is 0.636. The van der Waals surface area contributed by atoms with E-state index in [4.69, 9.17) is 4.74 Å². The van der Waals surface area contributed by atoms with Crippen LogP contribution in [-0.4, -0.2) is 31.2 Å². The van der Waals surface area contributed by atoms with Crippen molar-refractivity contribution in [2.75, 3.05) is 12.4 Å². The highest BCUT2D eigenvalue weighted by Gasteiger charge is 2.12. The molecule has 19 heavy (non-hydrogen) atoms. The summed E-state index contributed by atoms with van der Waals surface area (Å²) in [6, 6.07) is 0. The number of hydrogen-bond donors (Lipinski definition) is 1. The molecule has 0 saturated carbocycles. The Hall–Kier alpha value is -1.54. The van der Waals surface area contributed by atoms with Crippen LogP contribution in [0.4, 0.5) is 5.13 Å². The molecule has 0 unspecified atom stereocenters. The maximum atomic E-state index is 4.98. The number of ether oxygens (including phenoxy) is 1. The lowest BCUT2D eigenvalue weighted by molar-refractivity contribution is 0.179. The SMILES string of the molecule is COCc1nsc(NCc2nnc(C(C)C)n2C)n1. The van der Waals surface area contributed by atoms with Crippen LogP contribution in [0.3, 0.4) is 0 Å². The molecule has 8 heteroatoms. The summed E-state index contributed by atoms with van der Waals surface area (Å²) in [5, 5.41) is 12.3. The maximum absolute atomic E-state index is 4.98. The van der Waals surface area contributed by atoms with E-state index in [1.54, 1.807) is 7.11 Å². The molecule has 0 atom stereocenters. The zero-order chi connectivity index (χ0) is 13.8. The minimum absolute atomic E-state index is 0.362. The fourth-order valence-electron chi connectivity index (χ4n) is 1.70. The summed E-state index contributed by atoms with van der Waals surface area (Å²) >= 11 is 1.32. The molecule has 1 N–H and O–H groups in total. The summed E-state index contributed by atoms with van der Waals surface area (Å²) < 4.78 is 11.2. The number of hydrogen-bond acceptors (Lipinski definition) is 7. The van der Waals surface area contributed by atoms with E-state index >= 15 is 0 Å². The van der Waals surface area contributed by atoms with Gasteiger partial charge in [0, 0.05) is 31.6 Å². The molecule has 7 nitrogen and oxygen atoms in total. The molecule has 104 valence electrons. The van der Waals surface area contributed by atoms with Gasteiger partial charge in [0.15, 0.2) is 11.6 Å². The van der Waals surface area contributed by atoms with Gasteiger partial charge in [-0.15, -0.1) is 10.2 Å². The zero-order valence-electron chi connectivity index (χ0n) is 11.5. The predicted octanol–water partition coefficient (Wildman–Crippen LogP) is 1.55. The van der Waals surface area contributed by atoms with Gasteiger partial charge in [-0.1, -0.05) is 13.8 Å². The van der Waals surface area contributed by atoms with Crippen molar-refractivity contribution >= 4 is 16.7 Å². The second kappa shape index (κ2) is 6.07. The molecule has 0 aliphatic heterocycles. The molecule has 2 aromatic heterocycles. The third-order valence-corrected chi connectivity index (χ3v) is 3.36. The number of aromatic nitrogens is 5. The monoisotopic (exact) mass is 282 g/mol. The van der Waals surface area contributed by atoms with Crippen LogP contribution < -0.4 is 5.32 Å². The van der Waals surface area contributed by atoms with Gasteiger partial charge < -0.3 is 14.6 Å². The number of methoxy groups -OCH3 is 1. The molecular formula is C11H18N6OS. The summed E-state index contributed by atoms with van der Waals surface area (Å²) in [5.74, 6) is 2.92. The Balaban J connectivity index is 1.98. The van der Waals surface area contributed by atoms with Gasteiger partial charge in [-0.05, 0) is 0 Å². The molecule has 0 saturated heterocycles. The Morgan fingerprint density at radius 3 is 2.79 bits per heavy atom. The quantitative estimate of drug-likeness (QED) is 0.866. The summed E-state index contributed by atoms with van der Waals surface area (Å²) in [6.07, 6.45) is 0. The van der Waals surface area contributed by atoms with Crippen LogP contribution in [-0.2, 0) is 24.9 Å². The van der Waals surface area contributed by atoms with E-state index in [9.17, 15) is 0 Å². The molecule has 0 fully saturated rings. The first kappa shape index (κ1) is 13.9. The Kier molecular flexibility index (Phi) is 4.43. The second-order valence-electron chi connectivity index (χ2n) is 4.49. The molecule has 0 bridgehead atoms. The van der Waals surface area contributed by atoms with E-state index < -0.39 is 0 Å². The zero-order valence-corrected chi connectivity index (χ0v) is 12.4. The number of rotatable bonds is 6. The van der Waals surface area contributed by atoms with Crippen LogP contribution in [0.25, 0.3) is 0 Å². The third-order valence-electron chi connectivity index (χ3n) is 2.65. The van der Waals surface area contributed by atoms with Crippen LogP contribution in [0.1, 0.15) is 37.2 Å². The van der Waals surface area contributed by atoms with Crippen molar-refractivity contribution in [1.29, 1.82) is 0 Å². The van der Waals surface area contributed by atoms with E-state index in [1.807, 2.05) is 11.6 Å². The van der Waals surface area contributed by atoms with E-state index in [-0.39, 0.29) is 0 Å². The van der Waals surface area contributed by atoms with Gasteiger partial charge in [0.1, 0.15) is 12.4 Å². The van der Waals surface area contributed by atoms with Gasteiger partial charge in [-0.2, -0.15) is 4.37 Å². The lowest BCUT2D eigenvalue weighted by atomic mass is 10.2. The lowest BCUT2D eigenvalue weighted by Crippen LogP contribution is -2.08. The molecule has 0 aliphatic carbocycles. The predicted molar refractivity (Wildman–Crippen MR) is 73.0 cm³/mol. The second-order valence-corrected chi connectivity index (χ2v) is 5.24. The minimum atomic E-state index is 0.362. The van der Waals surface area contributed by atoms with Crippen LogP contribution in [0.15, 0.2) is 0 Å². The minimum Gasteiger partial charge on any atom is -0.377 e. The topological polar surface area (TPSA) is 77.8 Å². The Morgan fingerprint density at radius 2 is 2.16 bits per heavy atom. The van der Waals surface area contributed by atoms with E-state index in [0.29, 0.717) is 24.9 Å². The standard InChI is InChI=1S/C11H18N6OS/c1-7(2)10-15-14-9(17(10)3)5-12-11-13-8(6-18-4)16-19-11/h7H,5-6H2,1-4H3,(H,12,13,16). The van der Waals surface area contributed by atoms with Gasteiger partial charge in [0.2, 0.25) is 5.13 Å². The first-order chi connectivity index (χ1) is 9.11. The van der Waals surface area contributed by atoms with Crippen LogP contribution in [0, 0.1) is 0 Å². The maximum Gasteiger partial charge on any atom is 0.203 e. The highest BCUT2D eigenvalue weighted by molar-refractivity contribution is 7.09.